The number of nitrogens with one attached hydrogen (secondary N) is 1. The number of halogens is 1. The predicted molar refractivity (Wildman–Crippen MR) is 50.0 cm³/mol. The first-order chi connectivity index (χ1) is 6.09. The van der Waals surface area contributed by atoms with Gasteiger partial charge in [0.15, 0.2) is 0 Å². The number of nitrogens with zero attached hydrogens (tertiary/aromatic N) is 1. The van der Waals surface area contributed by atoms with Gasteiger partial charge in [-0.2, -0.15) is 0 Å². The molecule has 4 nitrogen and oxygen atoms in total. The molecule has 0 aliphatic heterocycles. The lowest BCUT2D eigenvalue weighted by Gasteiger charge is -2.09. The fourth-order valence-electron chi connectivity index (χ4n) is 0.772. The summed E-state index contributed by atoms with van der Waals surface area (Å²) in [5, 5.41) is 11.6. The number of carbonyl (C=O) groups is 1. The molecule has 0 unspecified atom stereocenters. The SMILES string of the molecule is C[C@H](Nc1cccc(Cl)n1)C(=O)O. The standard InChI is InChI=1S/C8H9ClN2O2/c1-5(8(12)13)10-7-4-2-3-6(9)11-7/h2-5H,1H3,(H,10,11)(H,12,13)/t5-/m0/s1. The summed E-state index contributed by atoms with van der Waals surface area (Å²) in [7, 11) is 0. The molecule has 0 spiro atoms. The van der Waals surface area contributed by atoms with E-state index < -0.39 is 12.0 Å². The summed E-state index contributed by atoms with van der Waals surface area (Å²) in [4.78, 5) is 14.4. The molecule has 0 fully saturated rings. The molecule has 1 aromatic rings. The maximum absolute atomic E-state index is 10.5. The highest BCUT2D eigenvalue weighted by atomic mass is 35.5. The van der Waals surface area contributed by atoms with E-state index in [0.29, 0.717) is 11.0 Å². The highest BCUT2D eigenvalue weighted by Gasteiger charge is 2.10. The molecule has 0 amide bonds. The van der Waals surface area contributed by atoms with Crippen LogP contribution in [0.3, 0.4) is 0 Å². The van der Waals surface area contributed by atoms with Crippen LogP contribution in [0.4, 0.5) is 5.82 Å². The molecule has 1 atom stereocenters. The zero-order chi connectivity index (χ0) is 9.84. The van der Waals surface area contributed by atoms with Gasteiger partial charge in [0.25, 0.3) is 0 Å². The van der Waals surface area contributed by atoms with Gasteiger partial charge in [-0.15, -0.1) is 0 Å². The van der Waals surface area contributed by atoms with E-state index >= 15 is 0 Å². The number of anilines is 1. The van der Waals surface area contributed by atoms with Crippen molar-refractivity contribution in [2.24, 2.45) is 0 Å². The number of aliphatic carboxylic acids is 1. The number of pyridine rings is 1. The van der Waals surface area contributed by atoms with Gasteiger partial charge in [0.1, 0.15) is 17.0 Å². The minimum Gasteiger partial charge on any atom is -0.480 e. The first-order valence-corrected chi connectivity index (χ1v) is 4.09. The molecule has 0 saturated heterocycles. The largest absolute Gasteiger partial charge is 0.480 e. The molecule has 1 rings (SSSR count). The third kappa shape index (κ3) is 2.91. The number of hydrogen-bond acceptors (Lipinski definition) is 3. The fourth-order valence-corrected chi connectivity index (χ4v) is 0.936. The summed E-state index contributed by atoms with van der Waals surface area (Å²) in [6, 6.07) is 4.31. The summed E-state index contributed by atoms with van der Waals surface area (Å²) in [5.74, 6) is -0.468. The van der Waals surface area contributed by atoms with E-state index in [9.17, 15) is 4.79 Å². The number of hydrogen-bond donors (Lipinski definition) is 2. The van der Waals surface area contributed by atoms with Gasteiger partial charge in [0.05, 0.1) is 0 Å². The van der Waals surface area contributed by atoms with E-state index in [-0.39, 0.29) is 0 Å². The van der Waals surface area contributed by atoms with Crippen LogP contribution in [0.15, 0.2) is 18.2 Å². The third-order valence-electron chi connectivity index (χ3n) is 1.45. The van der Waals surface area contributed by atoms with Gasteiger partial charge in [-0.1, -0.05) is 17.7 Å². The average molecular weight is 201 g/mol. The van der Waals surface area contributed by atoms with Crippen molar-refractivity contribution in [2.75, 3.05) is 5.32 Å². The lowest BCUT2D eigenvalue weighted by Crippen LogP contribution is -2.25. The topological polar surface area (TPSA) is 62.2 Å². The van der Waals surface area contributed by atoms with Gasteiger partial charge in [0.2, 0.25) is 0 Å². The summed E-state index contributed by atoms with van der Waals surface area (Å²) in [6.07, 6.45) is 0. The van der Waals surface area contributed by atoms with Gasteiger partial charge < -0.3 is 10.4 Å². The summed E-state index contributed by atoms with van der Waals surface area (Å²) >= 11 is 5.61. The molecule has 0 radical (unpaired) electrons. The van der Waals surface area contributed by atoms with Gasteiger partial charge in [-0.25, -0.2) is 4.98 Å². The molecule has 13 heavy (non-hydrogen) atoms. The van der Waals surface area contributed by atoms with Gasteiger partial charge in [-0.3, -0.25) is 4.79 Å². The number of carboxylic acids is 1. The molecular formula is C8H9ClN2O2. The number of carboxylic acid groups (broad SMARTS) is 1. The van der Waals surface area contributed by atoms with Crippen LogP contribution in [0.25, 0.3) is 0 Å². The Kier molecular flexibility index (Phi) is 3.08. The lowest BCUT2D eigenvalue weighted by molar-refractivity contribution is -0.137. The van der Waals surface area contributed by atoms with Crippen LogP contribution in [-0.2, 0) is 4.79 Å². The van der Waals surface area contributed by atoms with Crippen LogP contribution in [0.1, 0.15) is 6.92 Å². The Balaban J connectivity index is 2.69. The number of rotatable bonds is 3. The molecule has 0 aliphatic carbocycles. The van der Waals surface area contributed by atoms with E-state index in [2.05, 4.69) is 10.3 Å². The minimum atomic E-state index is -0.929. The second kappa shape index (κ2) is 4.09. The molecule has 2 N–H and O–H groups in total. The van der Waals surface area contributed by atoms with E-state index in [1.165, 1.54) is 6.92 Å². The fraction of sp³-hybridized carbons (Fsp3) is 0.250. The van der Waals surface area contributed by atoms with Gasteiger partial charge in [0, 0.05) is 0 Å². The summed E-state index contributed by atoms with van der Waals surface area (Å²) in [5.41, 5.74) is 0. The van der Waals surface area contributed by atoms with Crippen molar-refractivity contribution in [2.45, 2.75) is 13.0 Å². The lowest BCUT2D eigenvalue weighted by atomic mass is 10.3. The van der Waals surface area contributed by atoms with Crippen molar-refractivity contribution in [3.8, 4) is 0 Å². The van der Waals surface area contributed by atoms with Crippen LogP contribution in [0.5, 0.6) is 0 Å². The first-order valence-electron chi connectivity index (χ1n) is 3.71. The van der Waals surface area contributed by atoms with E-state index in [1.54, 1.807) is 18.2 Å². The normalized spacial score (nSPS) is 12.2. The van der Waals surface area contributed by atoms with Crippen molar-refractivity contribution in [3.63, 3.8) is 0 Å². The smallest absolute Gasteiger partial charge is 0.325 e. The molecule has 0 aromatic carbocycles. The highest BCUT2D eigenvalue weighted by molar-refractivity contribution is 6.29. The summed E-state index contributed by atoms with van der Waals surface area (Å²) < 4.78 is 0. The van der Waals surface area contributed by atoms with E-state index in [1.807, 2.05) is 0 Å². The van der Waals surface area contributed by atoms with Crippen LogP contribution >= 0.6 is 11.6 Å². The predicted octanol–water partition coefficient (Wildman–Crippen LogP) is 1.62. The van der Waals surface area contributed by atoms with Crippen molar-refractivity contribution in [3.05, 3.63) is 23.4 Å². The van der Waals surface area contributed by atoms with E-state index in [0.717, 1.165) is 0 Å². The van der Waals surface area contributed by atoms with Crippen LogP contribution in [0, 0.1) is 0 Å². The Morgan fingerprint density at radius 2 is 2.38 bits per heavy atom. The quantitative estimate of drug-likeness (QED) is 0.728. The molecule has 70 valence electrons. The minimum absolute atomic E-state index is 0.336. The highest BCUT2D eigenvalue weighted by Crippen LogP contribution is 2.09. The molecule has 5 heteroatoms. The molecule has 0 aliphatic rings. The maximum Gasteiger partial charge on any atom is 0.325 e. The number of aromatic nitrogens is 1. The summed E-state index contributed by atoms with van der Waals surface area (Å²) in [6.45, 7) is 1.53. The Morgan fingerprint density at radius 1 is 1.69 bits per heavy atom. The van der Waals surface area contributed by atoms with Crippen molar-refractivity contribution in [1.82, 2.24) is 4.98 Å². The van der Waals surface area contributed by atoms with Crippen LogP contribution in [0.2, 0.25) is 5.15 Å². The second-order valence-corrected chi connectivity index (χ2v) is 2.94. The molecular weight excluding hydrogens is 192 g/mol. The Morgan fingerprint density at radius 3 is 2.92 bits per heavy atom. The molecule has 0 saturated carbocycles. The average Bonchev–Trinajstić information content (AvgIpc) is 2.04. The molecule has 1 heterocycles. The molecule has 0 bridgehead atoms. The van der Waals surface area contributed by atoms with E-state index in [4.69, 9.17) is 16.7 Å². The third-order valence-corrected chi connectivity index (χ3v) is 1.66. The Labute approximate surface area is 80.6 Å². The van der Waals surface area contributed by atoms with Crippen molar-refractivity contribution >= 4 is 23.4 Å². The molecule has 1 aromatic heterocycles. The zero-order valence-corrected chi connectivity index (χ0v) is 7.75. The maximum atomic E-state index is 10.5. The van der Waals surface area contributed by atoms with Crippen LogP contribution in [-0.4, -0.2) is 22.1 Å². The Bertz CT molecular complexity index is 317. The van der Waals surface area contributed by atoms with Crippen molar-refractivity contribution in [1.29, 1.82) is 0 Å². The van der Waals surface area contributed by atoms with Gasteiger partial charge in [-0.05, 0) is 19.1 Å². The monoisotopic (exact) mass is 200 g/mol. The Hall–Kier alpha value is -1.29. The second-order valence-electron chi connectivity index (χ2n) is 2.55. The zero-order valence-electron chi connectivity index (χ0n) is 6.99. The van der Waals surface area contributed by atoms with Gasteiger partial charge >= 0.3 is 5.97 Å². The first kappa shape index (κ1) is 9.80. The van der Waals surface area contributed by atoms with Crippen molar-refractivity contribution < 1.29 is 9.90 Å². The van der Waals surface area contributed by atoms with Crippen LogP contribution < -0.4 is 5.32 Å².